The molecule has 0 fully saturated rings. The van der Waals surface area contributed by atoms with Crippen LogP contribution in [0, 0.1) is 17.6 Å². The number of hydrogen-bond acceptors (Lipinski definition) is 6. The third-order valence-electron chi connectivity index (χ3n) is 4.88. The molecule has 0 saturated carbocycles. The van der Waals surface area contributed by atoms with Gasteiger partial charge in [0.15, 0.2) is 0 Å². The topological polar surface area (TPSA) is 94.1 Å². The normalized spacial score (nSPS) is 13.1. The molecule has 34 heavy (non-hydrogen) atoms. The molecule has 2 aromatic rings. The van der Waals surface area contributed by atoms with E-state index in [1.165, 1.54) is 0 Å². The molecule has 0 unspecified atom stereocenters. The molecule has 0 aliphatic carbocycles. The van der Waals surface area contributed by atoms with Crippen molar-refractivity contribution >= 4 is 17.7 Å². The average molecular weight is 478 g/mol. The van der Waals surface area contributed by atoms with Crippen molar-refractivity contribution in [1.82, 2.24) is 0 Å². The number of nitrogens with one attached hydrogen (secondary N) is 1. The molecule has 0 bridgehead atoms. The number of amides is 1. The zero-order valence-corrected chi connectivity index (χ0v) is 19.3. The van der Waals surface area contributed by atoms with Gasteiger partial charge in [-0.2, -0.15) is 0 Å². The Morgan fingerprint density at radius 2 is 1.85 bits per heavy atom. The summed E-state index contributed by atoms with van der Waals surface area (Å²) in [5.41, 5.74) is 0.849. The Labute approximate surface area is 197 Å². The lowest BCUT2D eigenvalue weighted by Gasteiger charge is -2.24. The van der Waals surface area contributed by atoms with Gasteiger partial charge >= 0.3 is 12.1 Å². The zero-order valence-electron chi connectivity index (χ0n) is 19.3. The van der Waals surface area contributed by atoms with Gasteiger partial charge in [-0.05, 0) is 50.1 Å². The molecule has 0 aliphatic heterocycles. The molecule has 0 saturated heterocycles. The first-order valence-electron chi connectivity index (χ1n) is 10.8. The van der Waals surface area contributed by atoms with Gasteiger partial charge in [0.25, 0.3) is 0 Å². The number of hydrogen-bond donors (Lipinski definition) is 2. The summed E-state index contributed by atoms with van der Waals surface area (Å²) in [6, 6.07) is 9.54. The second-order valence-corrected chi connectivity index (χ2v) is 7.54. The number of aliphatic hydroxyl groups is 1. The monoisotopic (exact) mass is 477 g/mol. The van der Waals surface area contributed by atoms with E-state index in [1.54, 1.807) is 44.2 Å². The van der Waals surface area contributed by atoms with Gasteiger partial charge in [-0.1, -0.05) is 25.1 Å². The molecule has 7 nitrogen and oxygen atoms in total. The van der Waals surface area contributed by atoms with Gasteiger partial charge in [0, 0.05) is 17.6 Å². The van der Waals surface area contributed by atoms with Crippen LogP contribution in [0.3, 0.4) is 0 Å². The van der Waals surface area contributed by atoms with Crippen molar-refractivity contribution < 1.29 is 37.7 Å². The van der Waals surface area contributed by atoms with Gasteiger partial charge in [0.05, 0.1) is 18.9 Å². The fraction of sp³-hybridized carbons (Fsp3) is 0.360. The molecule has 0 heterocycles. The van der Waals surface area contributed by atoms with Crippen molar-refractivity contribution in [1.29, 1.82) is 0 Å². The van der Waals surface area contributed by atoms with E-state index in [-0.39, 0.29) is 31.4 Å². The van der Waals surface area contributed by atoms with Crippen molar-refractivity contribution in [2.45, 2.75) is 33.3 Å². The summed E-state index contributed by atoms with van der Waals surface area (Å²) in [5.74, 6) is -1.88. The SMILES string of the molecule is CCOC(=O)/C(C)=C/C[C@H](C)[C@@H](OC(=O)Nc1ccc(F)cc1F)c1ccc(OCCO)cc1. The van der Waals surface area contributed by atoms with E-state index in [2.05, 4.69) is 5.32 Å². The third-order valence-corrected chi connectivity index (χ3v) is 4.88. The molecule has 2 aromatic carbocycles. The lowest BCUT2D eigenvalue weighted by Crippen LogP contribution is -2.22. The number of esters is 1. The fourth-order valence-corrected chi connectivity index (χ4v) is 3.09. The Morgan fingerprint density at radius 3 is 2.47 bits per heavy atom. The van der Waals surface area contributed by atoms with Crippen LogP contribution in [-0.2, 0) is 14.3 Å². The van der Waals surface area contributed by atoms with Gasteiger partial charge in [0.1, 0.15) is 30.1 Å². The van der Waals surface area contributed by atoms with Gasteiger partial charge in [-0.25, -0.2) is 18.4 Å². The Hall–Kier alpha value is -3.46. The van der Waals surface area contributed by atoms with Crippen LogP contribution in [0.2, 0.25) is 0 Å². The maximum atomic E-state index is 13.9. The molecule has 2 N–H and O–H groups in total. The van der Waals surface area contributed by atoms with Gasteiger partial charge in [-0.15, -0.1) is 0 Å². The number of rotatable bonds is 11. The number of carbonyl (C=O) groups excluding carboxylic acids is 2. The maximum Gasteiger partial charge on any atom is 0.412 e. The van der Waals surface area contributed by atoms with Crippen molar-refractivity contribution in [3.8, 4) is 5.75 Å². The first-order valence-corrected chi connectivity index (χ1v) is 10.8. The first kappa shape index (κ1) is 26.8. The van der Waals surface area contributed by atoms with E-state index in [0.717, 1.165) is 12.1 Å². The van der Waals surface area contributed by atoms with E-state index in [0.29, 0.717) is 29.4 Å². The number of ether oxygens (including phenoxy) is 3. The highest BCUT2D eigenvalue weighted by Gasteiger charge is 2.24. The number of anilines is 1. The van der Waals surface area contributed by atoms with Crippen molar-refractivity contribution in [2.75, 3.05) is 25.1 Å². The predicted octanol–water partition coefficient (Wildman–Crippen LogP) is 5.16. The van der Waals surface area contributed by atoms with Crippen LogP contribution in [-0.4, -0.2) is 37.0 Å². The van der Waals surface area contributed by atoms with Crippen LogP contribution in [0.15, 0.2) is 54.1 Å². The fourth-order valence-electron chi connectivity index (χ4n) is 3.09. The second kappa shape index (κ2) is 13.3. The van der Waals surface area contributed by atoms with Crippen LogP contribution < -0.4 is 10.1 Å². The van der Waals surface area contributed by atoms with Gasteiger partial charge < -0.3 is 19.3 Å². The highest BCUT2D eigenvalue weighted by Crippen LogP contribution is 2.31. The number of halogens is 2. The molecule has 2 rings (SSSR count). The molecular formula is C25H29F2NO6. The third kappa shape index (κ3) is 8.15. The van der Waals surface area contributed by atoms with Crippen molar-refractivity contribution in [2.24, 2.45) is 5.92 Å². The van der Waals surface area contributed by atoms with Gasteiger partial charge in [0.2, 0.25) is 0 Å². The Bertz CT molecular complexity index is 993. The van der Waals surface area contributed by atoms with E-state index < -0.39 is 29.8 Å². The number of benzene rings is 2. The summed E-state index contributed by atoms with van der Waals surface area (Å²) in [6.07, 6.45) is 0.404. The summed E-state index contributed by atoms with van der Waals surface area (Å²) in [5, 5.41) is 11.2. The number of aliphatic hydroxyl groups excluding tert-OH is 1. The summed E-state index contributed by atoms with van der Waals surface area (Å²) < 4.78 is 43.0. The Morgan fingerprint density at radius 1 is 1.15 bits per heavy atom. The zero-order chi connectivity index (χ0) is 25.1. The Balaban J connectivity index is 2.20. The van der Waals surface area contributed by atoms with E-state index in [9.17, 15) is 18.4 Å². The smallest absolute Gasteiger partial charge is 0.412 e. The van der Waals surface area contributed by atoms with E-state index in [4.69, 9.17) is 19.3 Å². The minimum atomic E-state index is -0.931. The minimum absolute atomic E-state index is 0.128. The molecule has 0 aliphatic rings. The van der Waals surface area contributed by atoms with Crippen LogP contribution in [0.1, 0.15) is 38.9 Å². The van der Waals surface area contributed by atoms with Crippen molar-refractivity contribution in [3.63, 3.8) is 0 Å². The summed E-state index contributed by atoms with van der Waals surface area (Å²) in [7, 11) is 0. The minimum Gasteiger partial charge on any atom is -0.491 e. The molecule has 184 valence electrons. The van der Waals surface area contributed by atoms with Crippen molar-refractivity contribution in [3.05, 3.63) is 71.3 Å². The van der Waals surface area contributed by atoms with Crippen LogP contribution >= 0.6 is 0 Å². The summed E-state index contributed by atoms with van der Waals surface area (Å²) in [6.45, 7) is 5.46. The standard InChI is InChI=1S/C25H29F2NO6/c1-4-32-24(30)17(3)6-5-16(2)23(18-7-10-20(11-8-18)33-14-13-29)34-25(31)28-22-12-9-19(26)15-21(22)27/h6-12,15-16,23,29H,4-5,13-14H2,1-3H3,(H,28,31)/b17-6+/t16-,23+/m0/s1. The highest BCUT2D eigenvalue weighted by atomic mass is 19.1. The summed E-state index contributed by atoms with van der Waals surface area (Å²) in [4.78, 5) is 24.4. The first-order chi connectivity index (χ1) is 16.2. The highest BCUT2D eigenvalue weighted by molar-refractivity contribution is 5.87. The number of allylic oxidation sites excluding steroid dienone is 1. The van der Waals surface area contributed by atoms with Crippen LogP contribution in [0.4, 0.5) is 19.3 Å². The molecule has 9 heteroatoms. The van der Waals surface area contributed by atoms with E-state index >= 15 is 0 Å². The largest absolute Gasteiger partial charge is 0.491 e. The molecule has 1 amide bonds. The maximum absolute atomic E-state index is 13.9. The molecule has 2 atom stereocenters. The lowest BCUT2D eigenvalue weighted by molar-refractivity contribution is -0.138. The molecule has 0 aromatic heterocycles. The number of carbonyl (C=O) groups is 2. The lowest BCUT2D eigenvalue weighted by atomic mass is 9.93. The molecular weight excluding hydrogens is 448 g/mol. The van der Waals surface area contributed by atoms with Crippen LogP contribution in [0.5, 0.6) is 5.75 Å². The van der Waals surface area contributed by atoms with E-state index in [1.807, 2.05) is 6.92 Å². The molecule has 0 radical (unpaired) electrons. The van der Waals surface area contributed by atoms with Crippen LogP contribution in [0.25, 0.3) is 0 Å². The Kier molecular flexibility index (Phi) is 10.5. The predicted molar refractivity (Wildman–Crippen MR) is 122 cm³/mol. The quantitative estimate of drug-likeness (QED) is 0.343. The average Bonchev–Trinajstić information content (AvgIpc) is 2.81. The summed E-state index contributed by atoms with van der Waals surface area (Å²) >= 11 is 0. The second-order valence-electron chi connectivity index (χ2n) is 7.54. The van der Waals surface area contributed by atoms with Gasteiger partial charge in [-0.3, -0.25) is 5.32 Å². The molecule has 0 spiro atoms.